The number of aliphatic hydroxyl groups excluding tert-OH is 5. The van der Waals surface area contributed by atoms with Gasteiger partial charge in [0.05, 0.1) is 32.0 Å². The van der Waals surface area contributed by atoms with Gasteiger partial charge in [-0.15, -0.1) is 0 Å². The summed E-state index contributed by atoms with van der Waals surface area (Å²) in [6.07, 6.45) is 73.8. The average molecular weight is 1200 g/mol. The van der Waals surface area contributed by atoms with Crippen LogP contribution in [0.25, 0.3) is 0 Å². The molecule has 0 aromatic carbocycles. The SMILES string of the molecule is CCCC/C=C\CCCCCCCC(=O)OCCCCCCCCCCCCC/C=C\C/C=C\CCCCCCCCCCCCCCCCCCCC(=O)NC(COC1OC(CO)C(O)C(O)C1O)C(O)/C=C/CC/C=C/CCCCCCC. The molecule has 0 aromatic heterocycles. The van der Waals surface area contributed by atoms with Crippen molar-refractivity contribution < 1.29 is 49.3 Å². The number of ether oxygens (including phenoxy) is 3. The number of esters is 1. The molecule has 0 saturated carbocycles. The normalized spacial score (nSPS) is 18.3. The average Bonchev–Trinajstić information content (AvgIpc) is 3.28. The molecule has 0 aliphatic carbocycles. The van der Waals surface area contributed by atoms with E-state index in [9.17, 15) is 35.1 Å². The molecule has 11 nitrogen and oxygen atoms in total. The van der Waals surface area contributed by atoms with Crippen LogP contribution in [0.5, 0.6) is 0 Å². The molecule has 1 rings (SSSR count). The Labute approximate surface area is 522 Å². The summed E-state index contributed by atoms with van der Waals surface area (Å²) in [5, 5.41) is 54.4. The Hall–Kier alpha value is -2.64. The molecule has 6 N–H and O–H groups in total. The number of allylic oxidation sites excluding steroid dienone is 9. The fourth-order valence-electron chi connectivity index (χ4n) is 11.1. The smallest absolute Gasteiger partial charge is 0.305 e. The van der Waals surface area contributed by atoms with Gasteiger partial charge in [0.25, 0.3) is 0 Å². The number of rotatable bonds is 63. The van der Waals surface area contributed by atoms with Crippen LogP contribution in [-0.2, 0) is 23.8 Å². The lowest BCUT2D eigenvalue weighted by atomic mass is 9.99. The van der Waals surface area contributed by atoms with Crippen molar-refractivity contribution >= 4 is 11.9 Å². The van der Waals surface area contributed by atoms with Gasteiger partial charge < -0.3 is 45.1 Å². The van der Waals surface area contributed by atoms with Crippen LogP contribution in [0.3, 0.4) is 0 Å². The molecule has 1 heterocycles. The lowest BCUT2D eigenvalue weighted by Gasteiger charge is -2.40. The molecule has 1 saturated heterocycles. The Morgan fingerprint density at radius 1 is 0.435 bits per heavy atom. The number of hydrogen-bond acceptors (Lipinski definition) is 10. The molecule has 85 heavy (non-hydrogen) atoms. The molecule has 0 radical (unpaired) electrons. The van der Waals surface area contributed by atoms with E-state index in [1.807, 2.05) is 6.08 Å². The minimum absolute atomic E-state index is 0.00152. The minimum atomic E-state index is -1.58. The predicted molar refractivity (Wildman–Crippen MR) is 357 cm³/mol. The standard InChI is InChI=1S/C74H135NO10/c1-3-5-7-9-11-13-40-44-48-52-56-60-67(77)66(65-84-74-73(82)72(81)71(80)68(64-76)85-74)75-69(78)61-57-53-49-45-42-38-36-34-32-30-28-26-24-22-20-18-16-15-17-19-21-23-25-27-29-31-33-35-37-39-43-47-51-55-59-63-83-70(79)62-58-54-50-46-41-14-12-10-8-6-4-2/h10,12,17,19,23,25,40,44,56,60,66-68,71-74,76-77,80-82H,3-9,11,13-16,18,20-22,24,26-39,41-43,45-55,57-59,61-65H2,1-2H3,(H,75,78)/b12-10-,19-17-,25-23-,44-40+,60-56+. The first kappa shape index (κ1) is 80.4. The number of carbonyl (C=O) groups excluding carboxylic acids is 2. The van der Waals surface area contributed by atoms with Crippen molar-refractivity contribution in [1.82, 2.24) is 5.32 Å². The van der Waals surface area contributed by atoms with Crippen molar-refractivity contribution in [3.63, 3.8) is 0 Å². The van der Waals surface area contributed by atoms with E-state index in [1.165, 1.54) is 244 Å². The van der Waals surface area contributed by atoms with Gasteiger partial charge in [-0.3, -0.25) is 9.59 Å². The summed E-state index contributed by atoms with van der Waals surface area (Å²) in [6, 6.07) is -0.826. The molecular weight excluding hydrogens is 1060 g/mol. The summed E-state index contributed by atoms with van der Waals surface area (Å²) in [7, 11) is 0. The molecule has 1 fully saturated rings. The fourth-order valence-corrected chi connectivity index (χ4v) is 11.1. The van der Waals surface area contributed by atoms with Crippen molar-refractivity contribution in [2.45, 2.75) is 378 Å². The third-order valence-electron chi connectivity index (χ3n) is 16.8. The third kappa shape index (κ3) is 51.9. The summed E-state index contributed by atoms with van der Waals surface area (Å²) in [4.78, 5) is 25.0. The van der Waals surface area contributed by atoms with Crippen LogP contribution in [0, 0.1) is 0 Å². The van der Waals surface area contributed by atoms with Gasteiger partial charge in [-0.2, -0.15) is 0 Å². The largest absolute Gasteiger partial charge is 0.466 e. The highest BCUT2D eigenvalue weighted by atomic mass is 16.7. The second-order valence-electron chi connectivity index (χ2n) is 24.9. The maximum atomic E-state index is 13.0. The van der Waals surface area contributed by atoms with Crippen molar-refractivity contribution in [2.75, 3.05) is 19.8 Å². The Morgan fingerprint density at radius 2 is 0.812 bits per heavy atom. The first-order valence-electron chi connectivity index (χ1n) is 36.1. The number of carbonyl (C=O) groups is 2. The van der Waals surface area contributed by atoms with Crippen LogP contribution in [0.15, 0.2) is 60.8 Å². The van der Waals surface area contributed by atoms with Gasteiger partial charge in [-0.1, -0.05) is 286 Å². The van der Waals surface area contributed by atoms with Gasteiger partial charge in [-0.05, 0) is 96.3 Å². The predicted octanol–water partition coefficient (Wildman–Crippen LogP) is 18.5. The third-order valence-corrected chi connectivity index (χ3v) is 16.8. The summed E-state index contributed by atoms with van der Waals surface area (Å²) in [5.41, 5.74) is 0. The molecule has 1 aliphatic rings. The van der Waals surface area contributed by atoms with Crippen molar-refractivity contribution in [3.8, 4) is 0 Å². The monoisotopic (exact) mass is 1200 g/mol. The number of hydrogen-bond donors (Lipinski definition) is 6. The number of amides is 1. The van der Waals surface area contributed by atoms with E-state index in [0.29, 0.717) is 19.4 Å². The molecular formula is C74H135NO10. The molecule has 496 valence electrons. The Kier molecular flexibility index (Phi) is 59.5. The highest BCUT2D eigenvalue weighted by Crippen LogP contribution is 2.23. The molecule has 0 spiro atoms. The quantitative estimate of drug-likeness (QED) is 0.0195. The van der Waals surface area contributed by atoms with Gasteiger partial charge in [0, 0.05) is 12.8 Å². The van der Waals surface area contributed by atoms with E-state index in [-0.39, 0.29) is 18.5 Å². The zero-order valence-electron chi connectivity index (χ0n) is 55.1. The van der Waals surface area contributed by atoms with Crippen LogP contribution in [0.1, 0.15) is 335 Å². The van der Waals surface area contributed by atoms with E-state index in [0.717, 1.165) is 64.2 Å². The van der Waals surface area contributed by atoms with Gasteiger partial charge in [0.2, 0.25) is 5.91 Å². The zero-order valence-corrected chi connectivity index (χ0v) is 55.1. The first-order chi connectivity index (χ1) is 41.7. The second kappa shape index (κ2) is 62.9. The second-order valence-corrected chi connectivity index (χ2v) is 24.9. The lowest BCUT2D eigenvalue weighted by molar-refractivity contribution is -0.302. The zero-order chi connectivity index (χ0) is 61.6. The fraction of sp³-hybridized carbons (Fsp3) is 0.838. The highest BCUT2D eigenvalue weighted by molar-refractivity contribution is 5.76. The van der Waals surface area contributed by atoms with Crippen LogP contribution < -0.4 is 5.32 Å². The van der Waals surface area contributed by atoms with Gasteiger partial charge >= 0.3 is 5.97 Å². The Morgan fingerprint density at radius 3 is 1.27 bits per heavy atom. The van der Waals surface area contributed by atoms with Gasteiger partial charge in [0.15, 0.2) is 6.29 Å². The Bertz CT molecular complexity index is 1600. The van der Waals surface area contributed by atoms with Crippen LogP contribution in [0.4, 0.5) is 0 Å². The van der Waals surface area contributed by atoms with E-state index >= 15 is 0 Å². The van der Waals surface area contributed by atoms with Crippen molar-refractivity contribution in [1.29, 1.82) is 0 Å². The minimum Gasteiger partial charge on any atom is -0.466 e. The number of unbranched alkanes of at least 4 members (excludes halogenated alkanes) is 41. The maximum Gasteiger partial charge on any atom is 0.305 e. The molecule has 7 atom stereocenters. The summed E-state index contributed by atoms with van der Waals surface area (Å²) < 4.78 is 16.7. The summed E-state index contributed by atoms with van der Waals surface area (Å²) in [6.45, 7) is 4.29. The van der Waals surface area contributed by atoms with E-state index in [4.69, 9.17) is 14.2 Å². The van der Waals surface area contributed by atoms with Crippen LogP contribution >= 0.6 is 0 Å². The molecule has 1 aliphatic heterocycles. The van der Waals surface area contributed by atoms with Crippen molar-refractivity contribution in [3.05, 3.63) is 60.8 Å². The van der Waals surface area contributed by atoms with Crippen LogP contribution in [-0.4, -0.2) is 100 Å². The molecule has 7 unspecified atom stereocenters. The topological polar surface area (TPSA) is 175 Å². The number of aliphatic hydroxyl groups is 5. The maximum absolute atomic E-state index is 13.0. The summed E-state index contributed by atoms with van der Waals surface area (Å²) >= 11 is 0. The summed E-state index contributed by atoms with van der Waals surface area (Å²) in [5.74, 6) is -0.192. The van der Waals surface area contributed by atoms with Crippen LogP contribution in [0.2, 0.25) is 0 Å². The molecule has 11 heteroatoms. The lowest BCUT2D eigenvalue weighted by Crippen LogP contribution is -2.60. The number of nitrogens with one attached hydrogen (secondary N) is 1. The molecule has 0 bridgehead atoms. The molecule has 0 aromatic rings. The van der Waals surface area contributed by atoms with Gasteiger partial charge in [0.1, 0.15) is 24.4 Å². The van der Waals surface area contributed by atoms with E-state index in [1.54, 1.807) is 6.08 Å². The van der Waals surface area contributed by atoms with Gasteiger partial charge in [-0.25, -0.2) is 0 Å². The van der Waals surface area contributed by atoms with E-state index < -0.39 is 49.5 Å². The van der Waals surface area contributed by atoms with Crippen molar-refractivity contribution in [2.24, 2.45) is 0 Å². The highest BCUT2D eigenvalue weighted by Gasteiger charge is 2.44. The first-order valence-corrected chi connectivity index (χ1v) is 36.1. The Balaban J connectivity index is 1.94. The molecule has 1 amide bonds. The van der Waals surface area contributed by atoms with E-state index in [2.05, 4.69) is 67.8 Å².